The standard InChI is InChI=1S/C16H20ClN3O/c1-12-14-4-2-3-5-15(14)16(19-18-12)20-9-6-13(7-10-20)21-11-8-17/h2-5,13H,6-11H2,1H3. The third-order valence-electron chi connectivity index (χ3n) is 4.02. The molecule has 5 heteroatoms. The molecule has 1 aromatic carbocycles. The lowest BCUT2D eigenvalue weighted by Gasteiger charge is -2.33. The van der Waals surface area contributed by atoms with Crippen LogP contribution in [0.1, 0.15) is 18.5 Å². The molecular weight excluding hydrogens is 286 g/mol. The molecule has 3 rings (SSSR count). The van der Waals surface area contributed by atoms with Gasteiger partial charge in [0.1, 0.15) is 0 Å². The van der Waals surface area contributed by atoms with Crippen LogP contribution < -0.4 is 4.90 Å². The van der Waals surface area contributed by atoms with Gasteiger partial charge in [-0.15, -0.1) is 16.7 Å². The fourth-order valence-electron chi connectivity index (χ4n) is 2.90. The summed E-state index contributed by atoms with van der Waals surface area (Å²) in [6.07, 6.45) is 2.35. The number of rotatable bonds is 4. The van der Waals surface area contributed by atoms with E-state index in [0.717, 1.165) is 37.4 Å². The van der Waals surface area contributed by atoms with E-state index in [1.165, 1.54) is 10.8 Å². The summed E-state index contributed by atoms with van der Waals surface area (Å²) in [7, 11) is 0. The summed E-state index contributed by atoms with van der Waals surface area (Å²) in [6, 6.07) is 8.35. The monoisotopic (exact) mass is 305 g/mol. The molecule has 2 aromatic rings. The van der Waals surface area contributed by atoms with Gasteiger partial charge in [-0.2, -0.15) is 5.10 Å². The number of hydrogen-bond donors (Lipinski definition) is 0. The number of piperidine rings is 1. The predicted molar refractivity (Wildman–Crippen MR) is 86.2 cm³/mol. The number of aryl methyl sites for hydroxylation is 1. The smallest absolute Gasteiger partial charge is 0.159 e. The zero-order valence-corrected chi connectivity index (χ0v) is 13.0. The first-order valence-corrected chi connectivity index (χ1v) is 7.97. The third-order valence-corrected chi connectivity index (χ3v) is 4.18. The molecule has 112 valence electrons. The van der Waals surface area contributed by atoms with Gasteiger partial charge in [0.2, 0.25) is 0 Å². The molecule has 1 aliphatic heterocycles. The molecule has 21 heavy (non-hydrogen) atoms. The number of benzene rings is 1. The van der Waals surface area contributed by atoms with E-state index in [9.17, 15) is 0 Å². The third kappa shape index (κ3) is 3.11. The van der Waals surface area contributed by atoms with Crippen LogP contribution in [0.4, 0.5) is 5.82 Å². The quantitative estimate of drug-likeness (QED) is 0.813. The lowest BCUT2D eigenvalue weighted by Crippen LogP contribution is -2.38. The number of alkyl halides is 1. The van der Waals surface area contributed by atoms with Crippen molar-refractivity contribution in [1.82, 2.24) is 10.2 Å². The minimum Gasteiger partial charge on any atom is -0.377 e. The van der Waals surface area contributed by atoms with Gasteiger partial charge < -0.3 is 9.64 Å². The molecule has 0 aliphatic carbocycles. The average molecular weight is 306 g/mol. The predicted octanol–water partition coefficient (Wildman–Crippen LogP) is 3.16. The SMILES string of the molecule is Cc1nnc(N2CCC(OCCCl)CC2)c2ccccc12. The van der Waals surface area contributed by atoms with E-state index in [4.69, 9.17) is 16.3 Å². The van der Waals surface area contributed by atoms with E-state index in [0.29, 0.717) is 18.6 Å². The number of fused-ring (bicyclic) bond motifs is 1. The maximum atomic E-state index is 5.73. The summed E-state index contributed by atoms with van der Waals surface area (Å²) in [5.41, 5.74) is 0.981. The highest BCUT2D eigenvalue weighted by Crippen LogP contribution is 2.28. The molecule has 0 N–H and O–H groups in total. The molecule has 0 spiro atoms. The molecule has 0 saturated carbocycles. The summed E-state index contributed by atoms with van der Waals surface area (Å²) in [5.74, 6) is 1.56. The van der Waals surface area contributed by atoms with Crippen LogP contribution >= 0.6 is 11.6 Å². The highest BCUT2D eigenvalue weighted by atomic mass is 35.5. The summed E-state index contributed by atoms with van der Waals surface area (Å²) >= 11 is 5.67. The molecule has 0 atom stereocenters. The summed E-state index contributed by atoms with van der Waals surface area (Å²) < 4.78 is 5.73. The summed E-state index contributed by atoms with van der Waals surface area (Å²) in [4.78, 5) is 2.31. The number of ether oxygens (including phenoxy) is 1. The maximum Gasteiger partial charge on any atom is 0.159 e. The Kier molecular flexibility index (Phi) is 4.56. The van der Waals surface area contributed by atoms with Crippen LogP contribution in [0.2, 0.25) is 0 Å². The van der Waals surface area contributed by atoms with Crippen molar-refractivity contribution in [2.45, 2.75) is 25.9 Å². The van der Waals surface area contributed by atoms with Crippen LogP contribution in [-0.4, -0.2) is 41.9 Å². The number of nitrogens with zero attached hydrogens (tertiary/aromatic N) is 3. The number of aromatic nitrogens is 2. The normalized spacial score (nSPS) is 16.6. The van der Waals surface area contributed by atoms with Gasteiger partial charge in [-0.1, -0.05) is 24.3 Å². The first-order valence-electron chi connectivity index (χ1n) is 7.44. The van der Waals surface area contributed by atoms with Crippen molar-refractivity contribution in [3.05, 3.63) is 30.0 Å². The van der Waals surface area contributed by atoms with Gasteiger partial charge in [0, 0.05) is 29.7 Å². The van der Waals surface area contributed by atoms with Crippen LogP contribution in [0.3, 0.4) is 0 Å². The minimum atomic E-state index is 0.324. The average Bonchev–Trinajstić information content (AvgIpc) is 2.54. The van der Waals surface area contributed by atoms with Gasteiger partial charge >= 0.3 is 0 Å². The zero-order valence-electron chi connectivity index (χ0n) is 12.3. The summed E-state index contributed by atoms with van der Waals surface area (Å²) in [5, 5.41) is 11.1. The molecule has 1 aromatic heterocycles. The maximum absolute atomic E-state index is 5.73. The molecule has 1 aliphatic rings. The van der Waals surface area contributed by atoms with Crippen molar-refractivity contribution in [1.29, 1.82) is 0 Å². The first-order chi connectivity index (χ1) is 10.3. The van der Waals surface area contributed by atoms with Crippen molar-refractivity contribution >= 4 is 28.2 Å². The van der Waals surface area contributed by atoms with Crippen LogP contribution in [0.15, 0.2) is 24.3 Å². The molecular formula is C16H20ClN3O. The second-order valence-electron chi connectivity index (χ2n) is 5.40. The molecule has 0 bridgehead atoms. The van der Waals surface area contributed by atoms with E-state index in [1.54, 1.807) is 0 Å². The number of hydrogen-bond acceptors (Lipinski definition) is 4. The van der Waals surface area contributed by atoms with E-state index in [1.807, 2.05) is 13.0 Å². The van der Waals surface area contributed by atoms with Crippen LogP contribution in [0.5, 0.6) is 0 Å². The molecule has 1 saturated heterocycles. The minimum absolute atomic E-state index is 0.324. The van der Waals surface area contributed by atoms with E-state index >= 15 is 0 Å². The van der Waals surface area contributed by atoms with E-state index in [2.05, 4.69) is 33.3 Å². The highest BCUT2D eigenvalue weighted by Gasteiger charge is 2.22. The topological polar surface area (TPSA) is 38.2 Å². The molecule has 0 amide bonds. The van der Waals surface area contributed by atoms with Crippen LogP contribution in [0, 0.1) is 6.92 Å². The van der Waals surface area contributed by atoms with Gasteiger partial charge in [0.05, 0.1) is 18.4 Å². The Morgan fingerprint density at radius 3 is 2.62 bits per heavy atom. The molecule has 4 nitrogen and oxygen atoms in total. The number of halogens is 1. The highest BCUT2D eigenvalue weighted by molar-refractivity contribution is 6.17. The zero-order chi connectivity index (χ0) is 14.7. The Balaban J connectivity index is 1.78. The van der Waals surface area contributed by atoms with Crippen molar-refractivity contribution in [3.8, 4) is 0 Å². The molecule has 0 unspecified atom stereocenters. The van der Waals surface area contributed by atoms with Gasteiger partial charge in [-0.25, -0.2) is 0 Å². The Morgan fingerprint density at radius 2 is 1.90 bits per heavy atom. The fourth-order valence-corrected chi connectivity index (χ4v) is 2.99. The second-order valence-corrected chi connectivity index (χ2v) is 5.78. The van der Waals surface area contributed by atoms with Crippen molar-refractivity contribution < 1.29 is 4.74 Å². The molecule has 2 heterocycles. The van der Waals surface area contributed by atoms with E-state index < -0.39 is 0 Å². The summed E-state index contributed by atoms with van der Waals surface area (Å²) in [6.45, 7) is 4.55. The Hall–Kier alpha value is -1.39. The van der Waals surface area contributed by atoms with Crippen LogP contribution in [-0.2, 0) is 4.74 Å². The van der Waals surface area contributed by atoms with Crippen molar-refractivity contribution in [2.75, 3.05) is 30.5 Å². The second kappa shape index (κ2) is 6.58. The van der Waals surface area contributed by atoms with Gasteiger partial charge in [-0.05, 0) is 19.8 Å². The number of anilines is 1. The lowest BCUT2D eigenvalue weighted by molar-refractivity contribution is 0.0471. The van der Waals surface area contributed by atoms with Gasteiger partial charge in [-0.3, -0.25) is 0 Å². The van der Waals surface area contributed by atoms with E-state index in [-0.39, 0.29) is 0 Å². The Labute approximate surface area is 130 Å². The van der Waals surface area contributed by atoms with Gasteiger partial charge in [0.25, 0.3) is 0 Å². The van der Waals surface area contributed by atoms with Gasteiger partial charge in [0.15, 0.2) is 5.82 Å². The lowest BCUT2D eigenvalue weighted by atomic mass is 10.1. The first kappa shape index (κ1) is 14.5. The largest absolute Gasteiger partial charge is 0.377 e. The molecule has 1 fully saturated rings. The van der Waals surface area contributed by atoms with Crippen LogP contribution in [0.25, 0.3) is 10.8 Å². The van der Waals surface area contributed by atoms with Crippen molar-refractivity contribution in [2.24, 2.45) is 0 Å². The fraction of sp³-hybridized carbons (Fsp3) is 0.500. The molecule has 0 radical (unpaired) electrons. The Bertz CT molecular complexity index is 611. The van der Waals surface area contributed by atoms with Crippen molar-refractivity contribution in [3.63, 3.8) is 0 Å². The Morgan fingerprint density at radius 1 is 1.19 bits per heavy atom.